The Morgan fingerprint density at radius 2 is 2.18 bits per heavy atom. The molecule has 0 radical (unpaired) electrons. The molecule has 2 aromatic rings. The zero-order valence-electron chi connectivity index (χ0n) is 12.0. The smallest absolute Gasteiger partial charge is 0.231 e. The molecule has 0 bridgehead atoms. The SMILES string of the molecule is Cc1ccc(/C=N\NC(=S)NCc2ccc3c(c2)OCO3)s1. The summed E-state index contributed by atoms with van der Waals surface area (Å²) >= 11 is 6.87. The molecule has 1 aromatic heterocycles. The number of nitrogens with zero attached hydrogens (tertiary/aromatic N) is 1. The van der Waals surface area contributed by atoms with Gasteiger partial charge in [0.05, 0.1) is 6.21 Å². The maximum atomic E-state index is 5.34. The van der Waals surface area contributed by atoms with Crippen molar-refractivity contribution in [3.05, 3.63) is 45.6 Å². The zero-order valence-corrected chi connectivity index (χ0v) is 13.6. The lowest BCUT2D eigenvalue weighted by Gasteiger charge is -2.07. The van der Waals surface area contributed by atoms with Crippen LogP contribution >= 0.6 is 23.6 Å². The molecular formula is C15H15N3O2S2. The van der Waals surface area contributed by atoms with Gasteiger partial charge in [0.2, 0.25) is 6.79 Å². The molecular weight excluding hydrogens is 318 g/mol. The molecule has 22 heavy (non-hydrogen) atoms. The Bertz CT molecular complexity index is 713. The third kappa shape index (κ3) is 3.75. The summed E-state index contributed by atoms with van der Waals surface area (Å²) in [6, 6.07) is 9.89. The van der Waals surface area contributed by atoms with E-state index in [1.165, 1.54) is 4.88 Å². The van der Waals surface area contributed by atoms with E-state index in [2.05, 4.69) is 28.8 Å². The van der Waals surface area contributed by atoms with Gasteiger partial charge in [0.15, 0.2) is 16.6 Å². The molecule has 3 rings (SSSR count). The standard InChI is InChI=1S/C15H15N3O2S2/c1-10-2-4-12(22-10)8-17-18-15(21)16-7-11-3-5-13-14(6-11)20-9-19-13/h2-6,8H,7,9H2,1H3,(H2,16,18,21)/b17-8-. The molecule has 5 nitrogen and oxygen atoms in total. The van der Waals surface area contributed by atoms with Crippen LogP contribution in [0.4, 0.5) is 0 Å². The molecule has 1 aromatic carbocycles. The molecule has 0 fully saturated rings. The van der Waals surface area contributed by atoms with Crippen LogP contribution in [-0.2, 0) is 6.54 Å². The van der Waals surface area contributed by atoms with Gasteiger partial charge in [-0.15, -0.1) is 11.3 Å². The number of ether oxygens (including phenoxy) is 2. The van der Waals surface area contributed by atoms with Gasteiger partial charge in [-0.05, 0) is 49.0 Å². The van der Waals surface area contributed by atoms with Crippen LogP contribution in [0.1, 0.15) is 15.3 Å². The fourth-order valence-corrected chi connectivity index (χ4v) is 2.82. The van der Waals surface area contributed by atoms with Crippen molar-refractivity contribution in [1.29, 1.82) is 0 Å². The third-order valence-electron chi connectivity index (χ3n) is 3.01. The molecule has 114 valence electrons. The van der Waals surface area contributed by atoms with Gasteiger partial charge in [0, 0.05) is 16.3 Å². The van der Waals surface area contributed by atoms with Gasteiger partial charge in [-0.2, -0.15) is 5.10 Å². The molecule has 7 heteroatoms. The second-order valence-electron chi connectivity index (χ2n) is 4.69. The normalized spacial score (nSPS) is 12.6. The number of nitrogens with one attached hydrogen (secondary N) is 2. The molecule has 0 atom stereocenters. The van der Waals surface area contributed by atoms with Crippen LogP contribution < -0.4 is 20.2 Å². The summed E-state index contributed by atoms with van der Waals surface area (Å²) in [5.74, 6) is 1.55. The lowest BCUT2D eigenvalue weighted by molar-refractivity contribution is 0.174. The fraction of sp³-hybridized carbons (Fsp3) is 0.200. The van der Waals surface area contributed by atoms with Crippen molar-refractivity contribution < 1.29 is 9.47 Å². The maximum absolute atomic E-state index is 5.34. The van der Waals surface area contributed by atoms with Gasteiger partial charge in [0.25, 0.3) is 0 Å². The van der Waals surface area contributed by atoms with Crippen LogP contribution in [0, 0.1) is 6.92 Å². The highest BCUT2D eigenvalue weighted by atomic mass is 32.1. The monoisotopic (exact) mass is 333 g/mol. The van der Waals surface area contributed by atoms with E-state index in [-0.39, 0.29) is 6.79 Å². The van der Waals surface area contributed by atoms with E-state index in [4.69, 9.17) is 21.7 Å². The Morgan fingerprint density at radius 1 is 1.32 bits per heavy atom. The molecule has 2 heterocycles. The summed E-state index contributed by atoms with van der Waals surface area (Å²) in [6.07, 6.45) is 1.76. The molecule has 0 saturated carbocycles. The largest absolute Gasteiger partial charge is 0.454 e. The van der Waals surface area contributed by atoms with E-state index in [1.54, 1.807) is 17.6 Å². The highest BCUT2D eigenvalue weighted by molar-refractivity contribution is 7.80. The predicted molar refractivity (Wildman–Crippen MR) is 91.8 cm³/mol. The molecule has 0 amide bonds. The van der Waals surface area contributed by atoms with E-state index in [1.807, 2.05) is 24.3 Å². The Labute approximate surface area is 137 Å². The third-order valence-corrected chi connectivity index (χ3v) is 4.18. The van der Waals surface area contributed by atoms with Crippen LogP contribution in [0.3, 0.4) is 0 Å². The first-order valence-electron chi connectivity index (χ1n) is 6.72. The lowest BCUT2D eigenvalue weighted by atomic mass is 10.2. The number of hydrogen-bond acceptors (Lipinski definition) is 5. The van der Waals surface area contributed by atoms with E-state index in [0.717, 1.165) is 21.9 Å². The van der Waals surface area contributed by atoms with E-state index < -0.39 is 0 Å². The summed E-state index contributed by atoms with van der Waals surface area (Å²) in [5.41, 5.74) is 3.86. The number of thiophene rings is 1. The summed E-state index contributed by atoms with van der Waals surface area (Å²) in [4.78, 5) is 2.34. The van der Waals surface area contributed by atoms with Crippen molar-refractivity contribution in [1.82, 2.24) is 10.7 Å². The van der Waals surface area contributed by atoms with Gasteiger partial charge in [-0.25, -0.2) is 0 Å². The fourth-order valence-electron chi connectivity index (χ4n) is 1.95. The number of fused-ring (bicyclic) bond motifs is 1. The number of hydrogen-bond donors (Lipinski definition) is 2. The Morgan fingerprint density at radius 3 is 3.00 bits per heavy atom. The molecule has 0 saturated heterocycles. The topological polar surface area (TPSA) is 54.9 Å². The number of benzene rings is 1. The summed E-state index contributed by atoms with van der Waals surface area (Å²) in [5, 5.41) is 7.68. The van der Waals surface area contributed by atoms with Gasteiger partial charge < -0.3 is 14.8 Å². The first-order valence-corrected chi connectivity index (χ1v) is 7.95. The molecule has 0 spiro atoms. The minimum atomic E-state index is 0.281. The van der Waals surface area contributed by atoms with E-state index in [9.17, 15) is 0 Å². The first-order chi connectivity index (χ1) is 10.7. The minimum absolute atomic E-state index is 0.281. The molecule has 0 aliphatic carbocycles. The average molecular weight is 333 g/mol. The van der Waals surface area contributed by atoms with Crippen molar-refractivity contribution >= 4 is 34.9 Å². The van der Waals surface area contributed by atoms with Crippen LogP contribution in [0.5, 0.6) is 11.5 Å². The van der Waals surface area contributed by atoms with Gasteiger partial charge in [-0.3, -0.25) is 5.43 Å². The van der Waals surface area contributed by atoms with Crippen molar-refractivity contribution in [3.63, 3.8) is 0 Å². The number of thiocarbonyl (C=S) groups is 1. The van der Waals surface area contributed by atoms with Crippen LogP contribution in [0.2, 0.25) is 0 Å². The average Bonchev–Trinajstić information content (AvgIpc) is 3.13. The van der Waals surface area contributed by atoms with Crippen molar-refractivity contribution in [3.8, 4) is 11.5 Å². The van der Waals surface area contributed by atoms with Crippen LogP contribution in [-0.4, -0.2) is 18.1 Å². The molecule has 2 N–H and O–H groups in total. The number of hydrazone groups is 1. The summed E-state index contributed by atoms with van der Waals surface area (Å²) in [6.45, 7) is 2.94. The van der Waals surface area contributed by atoms with Gasteiger partial charge in [0.1, 0.15) is 0 Å². The first kappa shape index (κ1) is 14.8. The Balaban J connectivity index is 1.47. The minimum Gasteiger partial charge on any atom is -0.454 e. The van der Waals surface area contributed by atoms with Crippen molar-refractivity contribution in [2.24, 2.45) is 5.10 Å². The molecule has 1 aliphatic rings. The van der Waals surface area contributed by atoms with Crippen molar-refractivity contribution in [2.75, 3.05) is 6.79 Å². The Hall–Kier alpha value is -2.12. The van der Waals surface area contributed by atoms with E-state index in [0.29, 0.717) is 11.7 Å². The lowest BCUT2D eigenvalue weighted by Crippen LogP contribution is -2.31. The number of aryl methyl sites for hydroxylation is 1. The van der Waals surface area contributed by atoms with Crippen molar-refractivity contribution in [2.45, 2.75) is 13.5 Å². The van der Waals surface area contributed by atoms with E-state index >= 15 is 0 Å². The summed E-state index contributed by atoms with van der Waals surface area (Å²) < 4.78 is 10.6. The molecule has 1 aliphatic heterocycles. The highest BCUT2D eigenvalue weighted by Crippen LogP contribution is 2.32. The van der Waals surface area contributed by atoms with Gasteiger partial charge in [-0.1, -0.05) is 6.07 Å². The van der Waals surface area contributed by atoms with Crippen LogP contribution in [0.25, 0.3) is 0 Å². The van der Waals surface area contributed by atoms with Crippen LogP contribution in [0.15, 0.2) is 35.4 Å². The quantitative estimate of drug-likeness (QED) is 0.512. The highest BCUT2D eigenvalue weighted by Gasteiger charge is 2.12. The number of rotatable bonds is 4. The second kappa shape index (κ2) is 6.76. The zero-order chi connectivity index (χ0) is 15.4. The summed E-state index contributed by atoms with van der Waals surface area (Å²) in [7, 11) is 0. The van der Waals surface area contributed by atoms with Gasteiger partial charge >= 0.3 is 0 Å². The maximum Gasteiger partial charge on any atom is 0.231 e. The predicted octanol–water partition coefficient (Wildman–Crippen LogP) is 2.78. The molecule has 0 unspecified atom stereocenters. The Kier molecular flexibility index (Phi) is 4.55. The second-order valence-corrected chi connectivity index (χ2v) is 6.42.